The van der Waals surface area contributed by atoms with Gasteiger partial charge in [0.25, 0.3) is 0 Å². The maximum atomic E-state index is 13.7. The van der Waals surface area contributed by atoms with Gasteiger partial charge in [-0.25, -0.2) is 9.59 Å². The summed E-state index contributed by atoms with van der Waals surface area (Å²) in [6, 6.07) is -0.585. The standard InChI is InChI=1S/C93H174N10O4/c1-5-9-13-17-21-25-29-33-37-41-45-49-53-57-61-65-84-102(85-66-62-58-54-50-46-42-38-34-30-26-22-18-14-10-6-2)90(104)88-98-92(106)96-76-71-80-100(78-69-74-94)82-73-83-101(79-70-75-95)81-72-77-97-93(107)99-89-91(105)103(86-67-63-59-55-51-47-43-39-35-31-27-23-19-15-11-7-3)87-68-64-60-56-52-48-44-40-36-32-28-24-20-16-12-8-4/h21-28,33-40H,5-20,29-32,41-89,94-95H2,1-4H3,(H2,96,98,106)(H2,97,99,107)/b25-21-,26-22-,27-23-,28-24-,37-33-,38-34-,39-35-,40-36-. The molecule has 0 aliphatic carbocycles. The minimum absolute atomic E-state index is 0.00710. The maximum Gasteiger partial charge on any atom is 0.315 e. The van der Waals surface area contributed by atoms with Crippen LogP contribution >= 0.6 is 0 Å². The van der Waals surface area contributed by atoms with Crippen LogP contribution in [-0.4, -0.2) is 148 Å². The van der Waals surface area contributed by atoms with Gasteiger partial charge in [-0.05, 0) is 239 Å². The number of carbonyl (C=O) groups excluding carboxylic acids is 4. The molecule has 0 saturated heterocycles. The van der Waals surface area contributed by atoms with Crippen molar-refractivity contribution in [1.29, 1.82) is 0 Å². The SMILES string of the molecule is CCCCC/C=C\C/C=C\CCCCCCCCN(CCCCCCCC/C=C\C/C=C\CCCCC)C(=O)CNC(=O)NCCCN(CCCN)CCCN(CCCN)CCCNC(=O)NCC(=O)N(CCCCCCCC/C=C\C/C=C\CCCCC)CCCCCCCC/C=C\C/C=C\CCCCC. The second-order valence-electron chi connectivity index (χ2n) is 30.3. The monoisotopic (exact) mass is 1500 g/mol. The lowest BCUT2D eigenvalue weighted by atomic mass is 10.1. The topological polar surface area (TPSA) is 181 Å². The number of amides is 6. The normalized spacial score (nSPS) is 12.2. The van der Waals surface area contributed by atoms with E-state index in [1.54, 1.807) is 0 Å². The Morgan fingerprint density at radius 3 is 0.692 bits per heavy atom. The molecule has 0 fully saturated rings. The van der Waals surface area contributed by atoms with Crippen LogP contribution in [0.1, 0.15) is 368 Å². The van der Waals surface area contributed by atoms with Crippen molar-refractivity contribution < 1.29 is 19.2 Å². The summed E-state index contributed by atoms with van der Waals surface area (Å²) in [6.07, 6.45) is 98.7. The summed E-state index contributed by atoms with van der Waals surface area (Å²) in [6.45, 7) is 19.6. The highest BCUT2D eigenvalue weighted by atomic mass is 16.2. The van der Waals surface area contributed by atoms with Crippen molar-refractivity contribution in [3.8, 4) is 0 Å². The molecule has 0 bridgehead atoms. The van der Waals surface area contributed by atoms with E-state index in [1.807, 2.05) is 9.80 Å². The second kappa shape index (κ2) is 86.8. The molecule has 0 rings (SSSR count). The first kappa shape index (κ1) is 102. The number of urea groups is 2. The maximum absolute atomic E-state index is 13.7. The van der Waals surface area contributed by atoms with E-state index in [1.165, 1.54) is 205 Å². The summed E-state index contributed by atoms with van der Waals surface area (Å²) in [5.41, 5.74) is 12.0. The fourth-order valence-corrected chi connectivity index (χ4v) is 13.4. The third-order valence-electron chi connectivity index (χ3n) is 20.2. The number of hydrogen-bond donors (Lipinski definition) is 6. The van der Waals surface area contributed by atoms with Gasteiger partial charge in [0.1, 0.15) is 0 Å². The van der Waals surface area contributed by atoms with Crippen molar-refractivity contribution >= 4 is 23.9 Å². The molecule has 6 amide bonds. The van der Waals surface area contributed by atoms with Crippen LogP contribution < -0.4 is 32.7 Å². The van der Waals surface area contributed by atoms with Crippen LogP contribution in [0.2, 0.25) is 0 Å². The lowest BCUT2D eigenvalue weighted by Crippen LogP contribution is -2.45. The number of unbranched alkanes of at least 4 members (excludes halogenated alkanes) is 36. The average Bonchev–Trinajstić information content (AvgIpc) is 1.16. The minimum atomic E-state index is -0.293. The first-order chi connectivity index (χ1) is 52.8. The molecular formula is C93H174N10O4. The van der Waals surface area contributed by atoms with Gasteiger partial charge in [-0.2, -0.15) is 0 Å². The molecule has 0 aromatic rings. The molecule has 620 valence electrons. The number of hydrogen-bond acceptors (Lipinski definition) is 8. The van der Waals surface area contributed by atoms with E-state index in [0.29, 0.717) is 26.2 Å². The van der Waals surface area contributed by atoms with Crippen LogP contribution in [0.25, 0.3) is 0 Å². The molecule has 14 heteroatoms. The van der Waals surface area contributed by atoms with Gasteiger partial charge in [-0.3, -0.25) is 9.59 Å². The Morgan fingerprint density at radius 2 is 0.449 bits per heavy atom. The first-order valence-electron chi connectivity index (χ1n) is 45.4. The molecule has 8 N–H and O–H groups in total. The van der Waals surface area contributed by atoms with Gasteiger partial charge in [-0.15, -0.1) is 0 Å². The molecule has 0 spiro atoms. The number of carbonyl (C=O) groups is 4. The van der Waals surface area contributed by atoms with Crippen LogP contribution in [0.4, 0.5) is 9.59 Å². The molecule has 0 aromatic heterocycles. The van der Waals surface area contributed by atoms with E-state index in [2.05, 4.69) is 156 Å². The molecule has 0 heterocycles. The zero-order chi connectivity index (χ0) is 77.6. The summed E-state index contributed by atoms with van der Waals surface area (Å²) in [7, 11) is 0. The summed E-state index contributed by atoms with van der Waals surface area (Å²) in [5, 5.41) is 11.8. The molecule has 14 nitrogen and oxygen atoms in total. The largest absolute Gasteiger partial charge is 0.341 e. The third-order valence-corrected chi connectivity index (χ3v) is 20.2. The molecule has 0 aliphatic heterocycles. The molecule has 0 atom stereocenters. The Balaban J connectivity index is 5.12. The van der Waals surface area contributed by atoms with E-state index < -0.39 is 0 Å². The van der Waals surface area contributed by atoms with Gasteiger partial charge in [0.05, 0.1) is 13.1 Å². The van der Waals surface area contributed by atoms with Crippen molar-refractivity contribution in [2.24, 2.45) is 11.5 Å². The number of allylic oxidation sites excluding steroid dienone is 16. The molecule has 0 aliphatic rings. The Labute approximate surface area is 661 Å². The zero-order valence-electron chi connectivity index (χ0n) is 70.6. The van der Waals surface area contributed by atoms with E-state index in [-0.39, 0.29) is 37.0 Å². The number of nitrogens with zero attached hydrogens (tertiary/aromatic N) is 4. The number of nitrogens with two attached hydrogens (primary N) is 2. The van der Waals surface area contributed by atoms with Gasteiger partial charge < -0.3 is 52.3 Å². The van der Waals surface area contributed by atoms with Crippen molar-refractivity contribution in [2.75, 3.05) is 105 Å². The van der Waals surface area contributed by atoms with Gasteiger partial charge in [0.15, 0.2) is 0 Å². The highest BCUT2D eigenvalue weighted by Gasteiger charge is 2.17. The quantitative estimate of drug-likeness (QED) is 0.0257. The molecule has 0 radical (unpaired) electrons. The Morgan fingerprint density at radius 1 is 0.234 bits per heavy atom. The Bertz CT molecular complexity index is 1930. The Kier molecular flexibility index (Phi) is 83.0. The van der Waals surface area contributed by atoms with Gasteiger partial charge >= 0.3 is 12.1 Å². The molecular weight excluding hydrogens is 1320 g/mol. The predicted octanol–water partition coefficient (Wildman–Crippen LogP) is 23.0. The van der Waals surface area contributed by atoms with Crippen molar-refractivity contribution in [3.05, 3.63) is 97.2 Å². The van der Waals surface area contributed by atoms with Crippen LogP contribution in [0.3, 0.4) is 0 Å². The van der Waals surface area contributed by atoms with E-state index >= 15 is 0 Å². The lowest BCUT2D eigenvalue weighted by molar-refractivity contribution is -0.131. The lowest BCUT2D eigenvalue weighted by Gasteiger charge is -2.26. The van der Waals surface area contributed by atoms with Crippen molar-refractivity contribution in [1.82, 2.24) is 40.9 Å². The number of rotatable bonds is 82. The number of nitrogens with one attached hydrogen (secondary N) is 4. The minimum Gasteiger partial charge on any atom is -0.341 e. The summed E-state index contributed by atoms with van der Waals surface area (Å²) >= 11 is 0. The van der Waals surface area contributed by atoms with Crippen LogP contribution in [0, 0.1) is 0 Å². The fraction of sp³-hybridized carbons (Fsp3) is 0.785. The molecule has 0 saturated carbocycles. The summed E-state index contributed by atoms with van der Waals surface area (Å²) in [4.78, 5) is 62.5. The highest BCUT2D eigenvalue weighted by Crippen LogP contribution is 2.16. The van der Waals surface area contributed by atoms with E-state index in [0.717, 1.165) is 200 Å². The summed E-state index contributed by atoms with van der Waals surface area (Å²) < 4.78 is 0. The van der Waals surface area contributed by atoms with E-state index in [4.69, 9.17) is 11.5 Å². The molecule has 0 unspecified atom stereocenters. The van der Waals surface area contributed by atoms with Crippen molar-refractivity contribution in [2.45, 2.75) is 368 Å². The zero-order valence-corrected chi connectivity index (χ0v) is 70.6. The average molecular weight is 1500 g/mol. The van der Waals surface area contributed by atoms with Gasteiger partial charge in [-0.1, -0.05) is 279 Å². The molecule has 0 aromatic carbocycles. The summed E-state index contributed by atoms with van der Waals surface area (Å²) in [5.74, 6) is 0.0142. The van der Waals surface area contributed by atoms with Crippen LogP contribution in [-0.2, 0) is 9.59 Å². The highest BCUT2D eigenvalue weighted by molar-refractivity contribution is 5.84. The second-order valence-corrected chi connectivity index (χ2v) is 30.3. The smallest absolute Gasteiger partial charge is 0.315 e. The van der Waals surface area contributed by atoms with Gasteiger partial charge in [0, 0.05) is 39.3 Å². The van der Waals surface area contributed by atoms with E-state index in [9.17, 15) is 19.2 Å². The fourth-order valence-electron chi connectivity index (χ4n) is 13.4. The van der Waals surface area contributed by atoms with Crippen molar-refractivity contribution in [3.63, 3.8) is 0 Å². The first-order valence-corrected chi connectivity index (χ1v) is 45.4. The van der Waals surface area contributed by atoms with Gasteiger partial charge in [0.2, 0.25) is 11.8 Å². The molecule has 107 heavy (non-hydrogen) atoms. The van der Waals surface area contributed by atoms with Crippen LogP contribution in [0.15, 0.2) is 97.2 Å². The Hall–Kier alpha value is -4.76. The third kappa shape index (κ3) is 77.8. The predicted molar refractivity (Wildman–Crippen MR) is 467 cm³/mol. The van der Waals surface area contributed by atoms with Crippen LogP contribution in [0.5, 0.6) is 0 Å².